The standard InChI is InChI=1S/C14H14Cl2N2/c1-3-9-6-5-7-10(4-2)13(9)11-8-12(15)18-14(16)17-11/h5-8H,3-4H2,1-2H3. The van der Waals surface area contributed by atoms with E-state index < -0.39 is 0 Å². The summed E-state index contributed by atoms with van der Waals surface area (Å²) in [5, 5.41) is 0.559. The predicted octanol–water partition coefficient (Wildman–Crippen LogP) is 4.58. The van der Waals surface area contributed by atoms with Gasteiger partial charge in [0, 0.05) is 11.6 Å². The third kappa shape index (κ3) is 2.65. The molecule has 0 aliphatic rings. The summed E-state index contributed by atoms with van der Waals surface area (Å²) in [5.74, 6) is 0. The van der Waals surface area contributed by atoms with E-state index in [2.05, 4.69) is 42.0 Å². The summed E-state index contributed by atoms with van der Waals surface area (Å²) < 4.78 is 0. The molecule has 0 saturated carbocycles. The second-order valence-electron chi connectivity index (χ2n) is 4.00. The smallest absolute Gasteiger partial charge is 0.218 e. The van der Waals surface area contributed by atoms with Crippen molar-refractivity contribution in [3.8, 4) is 11.3 Å². The Hall–Kier alpha value is -1.12. The molecule has 0 atom stereocenters. The first-order valence-electron chi connectivity index (χ1n) is 5.97. The summed E-state index contributed by atoms with van der Waals surface area (Å²) in [6, 6.07) is 8.06. The van der Waals surface area contributed by atoms with Crippen LogP contribution in [0.1, 0.15) is 25.0 Å². The zero-order valence-corrected chi connectivity index (χ0v) is 11.9. The van der Waals surface area contributed by atoms with Gasteiger partial charge in [-0.25, -0.2) is 9.97 Å². The van der Waals surface area contributed by atoms with E-state index in [4.69, 9.17) is 23.2 Å². The number of aryl methyl sites for hydroxylation is 2. The van der Waals surface area contributed by atoms with Gasteiger partial charge in [-0.1, -0.05) is 43.6 Å². The lowest BCUT2D eigenvalue weighted by molar-refractivity contribution is 1.07. The van der Waals surface area contributed by atoms with Crippen LogP contribution < -0.4 is 0 Å². The highest BCUT2D eigenvalue weighted by atomic mass is 35.5. The topological polar surface area (TPSA) is 25.8 Å². The van der Waals surface area contributed by atoms with Gasteiger partial charge < -0.3 is 0 Å². The van der Waals surface area contributed by atoms with Gasteiger partial charge in [-0.15, -0.1) is 0 Å². The molecule has 0 saturated heterocycles. The molecule has 1 aromatic heterocycles. The Morgan fingerprint density at radius 3 is 2.11 bits per heavy atom. The van der Waals surface area contributed by atoms with Crippen LogP contribution >= 0.6 is 23.2 Å². The van der Waals surface area contributed by atoms with Gasteiger partial charge in [0.2, 0.25) is 5.28 Å². The molecule has 0 bridgehead atoms. The number of hydrogen-bond donors (Lipinski definition) is 0. The average Bonchev–Trinajstić information content (AvgIpc) is 2.36. The van der Waals surface area contributed by atoms with Crippen molar-refractivity contribution < 1.29 is 0 Å². The summed E-state index contributed by atoms with van der Waals surface area (Å²) in [5.41, 5.74) is 4.43. The second-order valence-corrected chi connectivity index (χ2v) is 4.73. The lowest BCUT2D eigenvalue weighted by Crippen LogP contribution is -1.97. The summed E-state index contributed by atoms with van der Waals surface area (Å²) in [6.07, 6.45) is 1.89. The van der Waals surface area contributed by atoms with Gasteiger partial charge in [-0.05, 0) is 35.6 Å². The van der Waals surface area contributed by atoms with Crippen molar-refractivity contribution in [2.75, 3.05) is 0 Å². The van der Waals surface area contributed by atoms with Gasteiger partial charge in [-0.3, -0.25) is 0 Å². The van der Waals surface area contributed by atoms with Gasteiger partial charge >= 0.3 is 0 Å². The molecule has 2 aromatic rings. The van der Waals surface area contributed by atoms with Crippen LogP contribution in [0.5, 0.6) is 0 Å². The fraction of sp³-hybridized carbons (Fsp3) is 0.286. The molecule has 0 aliphatic heterocycles. The predicted molar refractivity (Wildman–Crippen MR) is 76.2 cm³/mol. The van der Waals surface area contributed by atoms with Crippen LogP contribution in [0.25, 0.3) is 11.3 Å². The Kier molecular flexibility index (Phi) is 4.20. The lowest BCUT2D eigenvalue weighted by atomic mass is 9.95. The maximum Gasteiger partial charge on any atom is 0.224 e. The second kappa shape index (κ2) is 5.68. The Morgan fingerprint density at radius 2 is 1.61 bits per heavy atom. The van der Waals surface area contributed by atoms with Crippen LogP contribution in [0.2, 0.25) is 10.4 Å². The molecule has 0 radical (unpaired) electrons. The Morgan fingerprint density at radius 1 is 1.00 bits per heavy atom. The molecule has 0 unspecified atom stereocenters. The van der Waals surface area contributed by atoms with E-state index >= 15 is 0 Å². The van der Waals surface area contributed by atoms with Crippen molar-refractivity contribution in [2.24, 2.45) is 0 Å². The minimum absolute atomic E-state index is 0.186. The van der Waals surface area contributed by atoms with Gasteiger partial charge in [0.1, 0.15) is 5.15 Å². The molecular weight excluding hydrogens is 267 g/mol. The lowest BCUT2D eigenvalue weighted by Gasteiger charge is -2.12. The molecule has 2 nitrogen and oxygen atoms in total. The molecule has 0 aliphatic carbocycles. The first-order chi connectivity index (χ1) is 8.65. The quantitative estimate of drug-likeness (QED) is 0.608. The molecule has 1 aromatic carbocycles. The highest BCUT2D eigenvalue weighted by molar-refractivity contribution is 6.32. The van der Waals surface area contributed by atoms with E-state index in [0.29, 0.717) is 5.15 Å². The number of nitrogens with zero attached hydrogens (tertiary/aromatic N) is 2. The fourth-order valence-corrected chi connectivity index (χ4v) is 2.50. The molecule has 0 N–H and O–H groups in total. The van der Waals surface area contributed by atoms with E-state index in [1.165, 1.54) is 11.1 Å². The summed E-state index contributed by atoms with van der Waals surface area (Å²) in [4.78, 5) is 8.18. The number of benzene rings is 1. The van der Waals surface area contributed by atoms with Crippen LogP contribution in [0.15, 0.2) is 24.3 Å². The maximum atomic E-state index is 5.96. The molecule has 94 valence electrons. The van der Waals surface area contributed by atoms with Crippen molar-refractivity contribution in [1.82, 2.24) is 9.97 Å². The molecule has 18 heavy (non-hydrogen) atoms. The van der Waals surface area contributed by atoms with Crippen LogP contribution in [0, 0.1) is 0 Å². The van der Waals surface area contributed by atoms with Crippen molar-refractivity contribution in [1.29, 1.82) is 0 Å². The van der Waals surface area contributed by atoms with Crippen molar-refractivity contribution in [3.63, 3.8) is 0 Å². The zero-order chi connectivity index (χ0) is 13.1. The van der Waals surface area contributed by atoms with E-state index in [1.807, 2.05) is 0 Å². The first-order valence-corrected chi connectivity index (χ1v) is 6.72. The number of halogens is 2. The molecule has 0 spiro atoms. The maximum absolute atomic E-state index is 5.96. The van der Waals surface area contributed by atoms with Gasteiger partial charge in [0.25, 0.3) is 0 Å². The van der Waals surface area contributed by atoms with E-state index in [0.717, 1.165) is 24.1 Å². The van der Waals surface area contributed by atoms with Crippen molar-refractivity contribution in [3.05, 3.63) is 45.8 Å². The number of aromatic nitrogens is 2. The van der Waals surface area contributed by atoms with Crippen LogP contribution in [-0.2, 0) is 12.8 Å². The van der Waals surface area contributed by atoms with Crippen molar-refractivity contribution >= 4 is 23.2 Å². The first kappa shape index (κ1) is 13.3. The third-order valence-corrected chi connectivity index (χ3v) is 3.29. The van der Waals surface area contributed by atoms with E-state index in [-0.39, 0.29) is 5.28 Å². The highest BCUT2D eigenvalue weighted by Gasteiger charge is 2.12. The Bertz CT molecular complexity index is 525. The SMILES string of the molecule is CCc1cccc(CC)c1-c1cc(Cl)nc(Cl)n1. The molecular formula is C14H14Cl2N2. The van der Waals surface area contributed by atoms with Gasteiger partial charge in [0.05, 0.1) is 5.69 Å². The number of rotatable bonds is 3. The van der Waals surface area contributed by atoms with Gasteiger partial charge in [-0.2, -0.15) is 0 Å². The molecule has 0 amide bonds. The minimum atomic E-state index is 0.186. The van der Waals surface area contributed by atoms with Crippen LogP contribution in [0.3, 0.4) is 0 Å². The fourth-order valence-electron chi connectivity index (χ4n) is 2.09. The molecule has 2 rings (SSSR count). The summed E-state index contributed by atoms with van der Waals surface area (Å²) >= 11 is 11.8. The highest BCUT2D eigenvalue weighted by Crippen LogP contribution is 2.29. The van der Waals surface area contributed by atoms with E-state index in [1.54, 1.807) is 6.07 Å². The average molecular weight is 281 g/mol. The van der Waals surface area contributed by atoms with Crippen LogP contribution in [0.4, 0.5) is 0 Å². The molecule has 1 heterocycles. The summed E-state index contributed by atoms with van der Waals surface area (Å²) in [7, 11) is 0. The number of hydrogen-bond acceptors (Lipinski definition) is 2. The van der Waals surface area contributed by atoms with E-state index in [9.17, 15) is 0 Å². The minimum Gasteiger partial charge on any atom is -0.218 e. The Balaban J connectivity index is 2.68. The molecule has 0 fully saturated rings. The van der Waals surface area contributed by atoms with Crippen LogP contribution in [-0.4, -0.2) is 9.97 Å². The third-order valence-electron chi connectivity index (χ3n) is 2.92. The normalized spacial score (nSPS) is 10.7. The monoisotopic (exact) mass is 280 g/mol. The molecule has 4 heteroatoms. The Labute approximate surface area is 117 Å². The van der Waals surface area contributed by atoms with Gasteiger partial charge in [0.15, 0.2) is 0 Å². The van der Waals surface area contributed by atoms with Crippen molar-refractivity contribution in [2.45, 2.75) is 26.7 Å². The summed E-state index contributed by atoms with van der Waals surface area (Å²) in [6.45, 7) is 4.26. The largest absolute Gasteiger partial charge is 0.224 e. The zero-order valence-electron chi connectivity index (χ0n) is 10.4.